The number of hydrogen-bond acceptors (Lipinski definition) is 3. The first-order chi connectivity index (χ1) is 20.4. The molecule has 238 valence electrons. The monoisotopic (exact) mass is 620 g/mol. The number of rotatable bonds is 8. The summed E-state index contributed by atoms with van der Waals surface area (Å²) >= 11 is 0. The lowest BCUT2D eigenvalue weighted by Gasteiger charge is -2.37. The van der Waals surface area contributed by atoms with E-state index in [4.69, 9.17) is 9.47 Å². The van der Waals surface area contributed by atoms with Gasteiger partial charge in [-0.15, -0.1) is 0 Å². The zero-order valence-corrected chi connectivity index (χ0v) is 23.9. The van der Waals surface area contributed by atoms with Crippen molar-refractivity contribution in [3.05, 3.63) is 64.5 Å². The molecule has 2 aromatic carbocycles. The highest BCUT2D eigenvalue weighted by atomic mass is 19.3. The molecule has 1 aliphatic heterocycles. The fourth-order valence-corrected chi connectivity index (χ4v) is 6.75. The Morgan fingerprint density at radius 3 is 1.91 bits per heavy atom. The Hall–Kier alpha value is -2.40. The van der Waals surface area contributed by atoms with Crippen molar-refractivity contribution in [2.24, 2.45) is 17.8 Å². The minimum absolute atomic E-state index is 0.0457. The molecule has 0 N–H and O–H groups in total. The SMILES string of the molecule is CC1COC(C2CCC(c3ccc(C4CCC(C(F)(F)Oc5cc(F)c(C(F)(F)CF)c(F)c5)CC4)c(F)c3)CC2)OC1. The summed E-state index contributed by atoms with van der Waals surface area (Å²) in [5, 5.41) is 0. The van der Waals surface area contributed by atoms with E-state index in [0.717, 1.165) is 31.2 Å². The summed E-state index contributed by atoms with van der Waals surface area (Å²) in [6, 6.07) is 5.61. The van der Waals surface area contributed by atoms with Crippen molar-refractivity contribution in [3.8, 4) is 5.75 Å². The second-order valence-corrected chi connectivity index (χ2v) is 12.3. The van der Waals surface area contributed by atoms with Gasteiger partial charge in [-0.3, -0.25) is 0 Å². The van der Waals surface area contributed by atoms with Crippen LogP contribution >= 0.6 is 0 Å². The van der Waals surface area contributed by atoms with E-state index in [-0.39, 0.29) is 61.8 Å². The first-order valence-corrected chi connectivity index (χ1v) is 14.9. The van der Waals surface area contributed by atoms with E-state index in [0.29, 0.717) is 30.6 Å². The predicted octanol–water partition coefficient (Wildman–Crippen LogP) is 9.39. The Balaban J connectivity index is 1.15. The average Bonchev–Trinajstić information content (AvgIpc) is 2.97. The second-order valence-electron chi connectivity index (χ2n) is 12.3. The maximum Gasteiger partial charge on any atom is 0.400 e. The minimum atomic E-state index is -4.45. The smallest absolute Gasteiger partial charge is 0.400 e. The zero-order valence-electron chi connectivity index (χ0n) is 23.9. The summed E-state index contributed by atoms with van der Waals surface area (Å²) < 4.78 is 129. The van der Waals surface area contributed by atoms with E-state index < -0.39 is 47.6 Å². The number of hydrogen-bond donors (Lipinski definition) is 0. The van der Waals surface area contributed by atoms with Gasteiger partial charge >= 0.3 is 12.0 Å². The molecule has 3 fully saturated rings. The molecule has 0 spiro atoms. The van der Waals surface area contributed by atoms with Crippen molar-refractivity contribution in [1.29, 1.82) is 0 Å². The van der Waals surface area contributed by atoms with Gasteiger partial charge < -0.3 is 14.2 Å². The molecule has 2 saturated carbocycles. The van der Waals surface area contributed by atoms with Crippen LogP contribution in [0, 0.1) is 35.2 Å². The van der Waals surface area contributed by atoms with Crippen molar-refractivity contribution < 1.29 is 49.3 Å². The highest BCUT2D eigenvalue weighted by Gasteiger charge is 2.45. The third kappa shape index (κ3) is 7.13. The molecule has 11 heteroatoms. The van der Waals surface area contributed by atoms with Gasteiger partial charge in [-0.1, -0.05) is 19.1 Å². The third-order valence-corrected chi connectivity index (χ3v) is 9.19. The van der Waals surface area contributed by atoms with Crippen LogP contribution in [0.1, 0.15) is 86.8 Å². The molecule has 0 atom stereocenters. The highest BCUT2D eigenvalue weighted by molar-refractivity contribution is 5.34. The van der Waals surface area contributed by atoms with Crippen LogP contribution in [-0.2, 0) is 15.4 Å². The largest absolute Gasteiger partial charge is 0.432 e. The molecule has 0 bridgehead atoms. The molecule has 5 rings (SSSR count). The van der Waals surface area contributed by atoms with Crippen molar-refractivity contribution in [3.63, 3.8) is 0 Å². The molecule has 0 unspecified atom stereocenters. The topological polar surface area (TPSA) is 27.7 Å². The lowest BCUT2D eigenvalue weighted by atomic mass is 9.76. The average molecular weight is 621 g/mol. The summed E-state index contributed by atoms with van der Waals surface area (Å²) in [6.45, 7) is 1.13. The Bertz CT molecular complexity index is 1220. The number of halogens is 8. The maximum absolute atomic E-state index is 15.3. The van der Waals surface area contributed by atoms with Crippen LogP contribution in [0.4, 0.5) is 35.1 Å². The molecule has 2 aromatic rings. The summed E-state index contributed by atoms with van der Waals surface area (Å²) in [7, 11) is 0. The van der Waals surface area contributed by atoms with Gasteiger partial charge in [0, 0.05) is 24.0 Å². The number of benzene rings is 2. The Labute approximate surface area is 245 Å². The number of alkyl halides is 5. The molecular weight excluding hydrogens is 584 g/mol. The van der Waals surface area contributed by atoms with Crippen LogP contribution in [0.15, 0.2) is 30.3 Å². The summed E-state index contributed by atoms with van der Waals surface area (Å²) in [5.74, 6) is -10.2. The van der Waals surface area contributed by atoms with Crippen molar-refractivity contribution in [2.45, 2.75) is 88.4 Å². The van der Waals surface area contributed by atoms with E-state index in [1.807, 2.05) is 6.07 Å². The fourth-order valence-electron chi connectivity index (χ4n) is 6.75. The standard InChI is InChI=1S/C32H36F8O3/c1-18-15-41-30(42-16-18)21-4-2-19(3-5-21)22-8-11-25(26(34)12-22)20-6-9-23(10-7-20)32(39,40)43-24-13-27(35)29(28(36)14-24)31(37,38)17-33/h8,11-14,18-21,23,30H,2-7,9-10,15-17H2,1H3. The van der Waals surface area contributed by atoms with E-state index in [1.54, 1.807) is 12.1 Å². The van der Waals surface area contributed by atoms with Crippen LogP contribution in [0.25, 0.3) is 0 Å². The Morgan fingerprint density at radius 1 is 0.767 bits per heavy atom. The normalized spacial score (nSPS) is 29.0. The molecule has 0 aromatic heterocycles. The fraction of sp³-hybridized carbons (Fsp3) is 0.625. The Morgan fingerprint density at radius 2 is 1.35 bits per heavy atom. The van der Waals surface area contributed by atoms with Crippen LogP contribution in [0.2, 0.25) is 0 Å². The minimum Gasteiger partial charge on any atom is -0.432 e. The highest BCUT2D eigenvalue weighted by Crippen LogP contribution is 2.45. The van der Waals surface area contributed by atoms with Crippen LogP contribution < -0.4 is 4.74 Å². The molecule has 3 aliphatic rings. The molecule has 43 heavy (non-hydrogen) atoms. The van der Waals surface area contributed by atoms with Gasteiger partial charge in [0.15, 0.2) is 13.0 Å². The molecular formula is C32H36F8O3. The first-order valence-electron chi connectivity index (χ1n) is 14.9. The second kappa shape index (κ2) is 12.9. The lowest BCUT2D eigenvalue weighted by molar-refractivity contribution is -0.226. The molecule has 2 aliphatic carbocycles. The van der Waals surface area contributed by atoms with E-state index in [1.165, 1.54) is 0 Å². The lowest BCUT2D eigenvalue weighted by Crippen LogP contribution is -2.37. The van der Waals surface area contributed by atoms with Gasteiger partial charge in [0.05, 0.1) is 24.7 Å². The van der Waals surface area contributed by atoms with Crippen molar-refractivity contribution >= 4 is 0 Å². The quantitative estimate of drug-likeness (QED) is 0.275. The van der Waals surface area contributed by atoms with E-state index in [2.05, 4.69) is 11.7 Å². The Kier molecular flexibility index (Phi) is 9.61. The molecule has 1 saturated heterocycles. The van der Waals surface area contributed by atoms with Gasteiger partial charge in [-0.25, -0.2) is 17.6 Å². The maximum atomic E-state index is 15.3. The van der Waals surface area contributed by atoms with Crippen LogP contribution in [0.5, 0.6) is 5.75 Å². The summed E-state index contributed by atoms with van der Waals surface area (Å²) in [5.41, 5.74) is -0.459. The van der Waals surface area contributed by atoms with Gasteiger partial charge in [-0.05, 0) is 80.4 Å². The third-order valence-electron chi connectivity index (χ3n) is 9.19. The van der Waals surface area contributed by atoms with Gasteiger partial charge in [0.25, 0.3) is 0 Å². The zero-order chi connectivity index (χ0) is 30.9. The molecule has 0 amide bonds. The van der Waals surface area contributed by atoms with Crippen molar-refractivity contribution in [1.82, 2.24) is 0 Å². The summed E-state index contributed by atoms with van der Waals surface area (Å²) in [4.78, 5) is 0. The molecule has 1 heterocycles. The van der Waals surface area contributed by atoms with E-state index >= 15 is 4.39 Å². The molecule has 3 nitrogen and oxygen atoms in total. The van der Waals surface area contributed by atoms with Gasteiger partial charge in [0.1, 0.15) is 23.2 Å². The van der Waals surface area contributed by atoms with Crippen molar-refractivity contribution in [2.75, 3.05) is 19.9 Å². The van der Waals surface area contributed by atoms with Crippen LogP contribution in [0.3, 0.4) is 0 Å². The van der Waals surface area contributed by atoms with E-state index in [9.17, 15) is 30.7 Å². The van der Waals surface area contributed by atoms with Crippen LogP contribution in [-0.4, -0.2) is 32.3 Å². The predicted molar refractivity (Wildman–Crippen MR) is 142 cm³/mol. The summed E-state index contributed by atoms with van der Waals surface area (Å²) in [6.07, 6.45) is 0.0288. The van der Waals surface area contributed by atoms with Gasteiger partial charge in [0.2, 0.25) is 0 Å². The van der Waals surface area contributed by atoms with Gasteiger partial charge in [-0.2, -0.15) is 17.6 Å². The number of ether oxygens (including phenoxy) is 3. The molecule has 0 radical (unpaired) electrons. The first kappa shape index (κ1) is 32.0.